The molecule has 6 heteroatoms. The minimum Gasteiger partial charge on any atom is -0.450 e. The van der Waals surface area contributed by atoms with Crippen molar-refractivity contribution < 1.29 is 9.53 Å². The Morgan fingerprint density at radius 2 is 2.33 bits per heavy atom. The van der Waals surface area contributed by atoms with E-state index in [-0.39, 0.29) is 12.1 Å². The number of unbranched alkanes of at least 4 members (excludes halogenated alkanes) is 1. The number of aromatic amines is 2. The first-order valence-corrected chi connectivity index (χ1v) is 4.89. The Bertz CT molecular complexity index is 355. The van der Waals surface area contributed by atoms with Gasteiger partial charge in [0.15, 0.2) is 0 Å². The van der Waals surface area contributed by atoms with E-state index in [9.17, 15) is 9.59 Å². The largest absolute Gasteiger partial charge is 0.450 e. The third-order valence-corrected chi connectivity index (χ3v) is 1.81. The molecule has 15 heavy (non-hydrogen) atoms. The summed E-state index contributed by atoms with van der Waals surface area (Å²) in [7, 11) is 0. The summed E-state index contributed by atoms with van der Waals surface area (Å²) in [6, 6.07) is 1.38. The van der Waals surface area contributed by atoms with Gasteiger partial charge < -0.3 is 15.2 Å². The molecule has 0 atom stereocenters. The second-order valence-corrected chi connectivity index (χ2v) is 3.13. The zero-order chi connectivity index (χ0) is 11.1. The summed E-state index contributed by atoms with van der Waals surface area (Å²) >= 11 is 0. The Kier molecular flexibility index (Phi) is 4.46. The smallest absolute Gasteiger partial charge is 0.407 e. The van der Waals surface area contributed by atoms with Gasteiger partial charge in [-0.3, -0.25) is 9.89 Å². The first-order chi connectivity index (χ1) is 7.22. The van der Waals surface area contributed by atoms with Gasteiger partial charge in [-0.05, 0) is 6.42 Å². The molecule has 84 valence electrons. The lowest BCUT2D eigenvalue weighted by molar-refractivity contribution is 0.144. The minimum atomic E-state index is -0.467. The molecule has 0 aromatic carbocycles. The monoisotopic (exact) mass is 213 g/mol. The molecule has 1 aromatic rings. The molecule has 0 radical (unpaired) electrons. The van der Waals surface area contributed by atoms with Gasteiger partial charge in [-0.25, -0.2) is 4.79 Å². The number of nitrogens with one attached hydrogen (secondary N) is 3. The van der Waals surface area contributed by atoms with Crippen molar-refractivity contribution >= 4 is 6.09 Å². The second-order valence-electron chi connectivity index (χ2n) is 3.13. The molecule has 0 spiro atoms. The fraction of sp³-hybridized carbons (Fsp3) is 0.556. The van der Waals surface area contributed by atoms with Crippen LogP contribution in [0.3, 0.4) is 0 Å². The Morgan fingerprint density at radius 1 is 1.53 bits per heavy atom. The van der Waals surface area contributed by atoms with E-state index in [0.29, 0.717) is 12.3 Å². The Morgan fingerprint density at radius 3 is 2.93 bits per heavy atom. The molecule has 3 N–H and O–H groups in total. The van der Waals surface area contributed by atoms with Crippen molar-refractivity contribution in [2.24, 2.45) is 0 Å². The van der Waals surface area contributed by atoms with Crippen LogP contribution in [0.4, 0.5) is 4.79 Å². The molecule has 0 aliphatic rings. The number of amides is 1. The van der Waals surface area contributed by atoms with Crippen molar-refractivity contribution in [3.63, 3.8) is 0 Å². The van der Waals surface area contributed by atoms with Gasteiger partial charge in [-0.15, -0.1) is 0 Å². The molecule has 0 aliphatic carbocycles. The van der Waals surface area contributed by atoms with Crippen molar-refractivity contribution in [3.8, 4) is 0 Å². The van der Waals surface area contributed by atoms with Crippen LogP contribution in [0.5, 0.6) is 0 Å². The number of rotatable bonds is 5. The molecule has 1 rings (SSSR count). The second kappa shape index (κ2) is 5.90. The van der Waals surface area contributed by atoms with Gasteiger partial charge in [0, 0.05) is 6.07 Å². The predicted octanol–water partition coefficient (Wildman–Crippen LogP) is 0.729. The van der Waals surface area contributed by atoms with Crippen molar-refractivity contribution in [2.75, 3.05) is 6.61 Å². The van der Waals surface area contributed by atoms with Crippen molar-refractivity contribution in [1.82, 2.24) is 15.5 Å². The molecule has 0 saturated heterocycles. The van der Waals surface area contributed by atoms with Crippen LogP contribution in [0, 0.1) is 0 Å². The average molecular weight is 213 g/mol. The van der Waals surface area contributed by atoms with Crippen LogP contribution in [-0.4, -0.2) is 22.9 Å². The van der Waals surface area contributed by atoms with E-state index in [0.717, 1.165) is 12.8 Å². The highest BCUT2D eigenvalue weighted by Gasteiger charge is 2.02. The van der Waals surface area contributed by atoms with Gasteiger partial charge in [-0.2, -0.15) is 0 Å². The molecule has 1 heterocycles. The van der Waals surface area contributed by atoms with Crippen LogP contribution < -0.4 is 10.9 Å². The van der Waals surface area contributed by atoms with Crippen molar-refractivity contribution in [2.45, 2.75) is 26.3 Å². The zero-order valence-electron chi connectivity index (χ0n) is 8.63. The van der Waals surface area contributed by atoms with Crippen LogP contribution in [0.15, 0.2) is 10.9 Å². The summed E-state index contributed by atoms with van der Waals surface area (Å²) in [5, 5.41) is 7.51. The molecule has 0 unspecified atom stereocenters. The van der Waals surface area contributed by atoms with Crippen LogP contribution in [0.25, 0.3) is 0 Å². The van der Waals surface area contributed by atoms with Crippen molar-refractivity contribution in [1.29, 1.82) is 0 Å². The normalized spacial score (nSPS) is 9.93. The molecular formula is C9H15N3O3. The van der Waals surface area contributed by atoms with Crippen LogP contribution >= 0.6 is 0 Å². The summed E-state index contributed by atoms with van der Waals surface area (Å²) in [5.74, 6) is 0. The van der Waals surface area contributed by atoms with E-state index < -0.39 is 6.09 Å². The number of hydrogen-bond donors (Lipinski definition) is 3. The average Bonchev–Trinajstić information content (AvgIpc) is 2.62. The SMILES string of the molecule is CCCCOC(=O)NCc1cc(=O)[nH][nH]1. The van der Waals surface area contributed by atoms with E-state index in [1.165, 1.54) is 6.07 Å². The maximum atomic E-state index is 11.1. The quantitative estimate of drug-likeness (QED) is 0.630. The highest BCUT2D eigenvalue weighted by Crippen LogP contribution is 1.90. The van der Waals surface area contributed by atoms with Crippen molar-refractivity contribution in [3.05, 3.63) is 22.1 Å². The molecule has 1 amide bonds. The van der Waals surface area contributed by atoms with Crippen LogP contribution in [-0.2, 0) is 11.3 Å². The number of H-pyrrole nitrogens is 2. The van der Waals surface area contributed by atoms with E-state index in [1.54, 1.807) is 0 Å². The number of carbonyl (C=O) groups excluding carboxylic acids is 1. The minimum absolute atomic E-state index is 0.217. The molecule has 6 nitrogen and oxygen atoms in total. The van der Waals surface area contributed by atoms with Gasteiger partial charge in [0.05, 0.1) is 18.8 Å². The van der Waals surface area contributed by atoms with Gasteiger partial charge >= 0.3 is 6.09 Å². The number of hydrogen-bond acceptors (Lipinski definition) is 3. The first-order valence-electron chi connectivity index (χ1n) is 4.89. The van der Waals surface area contributed by atoms with Gasteiger partial charge in [0.2, 0.25) is 0 Å². The Labute approximate surface area is 87.0 Å². The molecule has 0 fully saturated rings. The maximum absolute atomic E-state index is 11.1. The Balaban J connectivity index is 2.19. The first kappa shape index (κ1) is 11.4. The summed E-state index contributed by atoms with van der Waals surface area (Å²) in [6.45, 7) is 2.70. The van der Waals surface area contributed by atoms with E-state index in [4.69, 9.17) is 4.74 Å². The topological polar surface area (TPSA) is 87.0 Å². The van der Waals surface area contributed by atoms with E-state index in [2.05, 4.69) is 15.5 Å². The standard InChI is InChI=1S/C9H15N3O3/c1-2-3-4-15-9(14)10-6-7-5-8(13)12-11-7/h5H,2-4,6H2,1H3,(H,10,14)(H2,11,12,13). The fourth-order valence-corrected chi connectivity index (χ4v) is 0.995. The molecule has 0 bridgehead atoms. The molecular weight excluding hydrogens is 198 g/mol. The van der Waals surface area contributed by atoms with Gasteiger partial charge in [0.25, 0.3) is 5.56 Å². The molecule has 1 aromatic heterocycles. The lowest BCUT2D eigenvalue weighted by Crippen LogP contribution is -2.24. The highest BCUT2D eigenvalue weighted by molar-refractivity contribution is 5.66. The van der Waals surface area contributed by atoms with Crippen LogP contribution in [0.1, 0.15) is 25.5 Å². The summed E-state index contributed by atoms with van der Waals surface area (Å²) in [6.07, 6.45) is 1.37. The number of alkyl carbamates (subject to hydrolysis) is 1. The summed E-state index contributed by atoms with van der Waals surface area (Å²) in [5.41, 5.74) is 0.401. The molecule has 0 aliphatic heterocycles. The van der Waals surface area contributed by atoms with Crippen LogP contribution in [0.2, 0.25) is 0 Å². The maximum Gasteiger partial charge on any atom is 0.407 e. The highest BCUT2D eigenvalue weighted by atomic mass is 16.5. The number of carbonyl (C=O) groups is 1. The predicted molar refractivity (Wildman–Crippen MR) is 54.5 cm³/mol. The summed E-state index contributed by atoms with van der Waals surface area (Å²) in [4.78, 5) is 21.8. The summed E-state index contributed by atoms with van der Waals surface area (Å²) < 4.78 is 4.86. The third kappa shape index (κ3) is 4.35. The fourth-order valence-electron chi connectivity index (χ4n) is 0.995. The van der Waals surface area contributed by atoms with E-state index >= 15 is 0 Å². The number of aromatic nitrogens is 2. The third-order valence-electron chi connectivity index (χ3n) is 1.81. The zero-order valence-corrected chi connectivity index (χ0v) is 8.63. The molecule has 0 saturated carbocycles. The van der Waals surface area contributed by atoms with Gasteiger partial charge in [-0.1, -0.05) is 13.3 Å². The van der Waals surface area contributed by atoms with E-state index in [1.807, 2.05) is 6.92 Å². The Hall–Kier alpha value is -1.72. The lowest BCUT2D eigenvalue weighted by atomic mass is 10.4. The van der Waals surface area contributed by atoms with Gasteiger partial charge in [0.1, 0.15) is 0 Å². The lowest BCUT2D eigenvalue weighted by Gasteiger charge is -2.04. The number of ether oxygens (including phenoxy) is 1.